The third-order valence-electron chi connectivity index (χ3n) is 0.646. The van der Waals surface area contributed by atoms with E-state index in [0.29, 0.717) is 0 Å². The quantitative estimate of drug-likeness (QED) is 0.385. The second kappa shape index (κ2) is 3.89. The Balaban J connectivity index is 3.46. The second-order valence-electron chi connectivity index (χ2n) is 1.64. The number of hydrogen-bond donors (Lipinski definition) is 0. The summed E-state index contributed by atoms with van der Waals surface area (Å²) in [5.74, 6) is -5.65. The van der Waals surface area contributed by atoms with Gasteiger partial charge >= 0.3 is 0 Å². The van der Waals surface area contributed by atoms with Gasteiger partial charge in [0.1, 0.15) is 0 Å². The molecule has 0 radical (unpaired) electrons. The molecule has 0 N–H and O–H groups in total. The summed E-state index contributed by atoms with van der Waals surface area (Å²) >= 11 is 31.6. The average molecular weight is 392 g/mol. The summed E-state index contributed by atoms with van der Waals surface area (Å²) in [5, 5.41) is -2.57. The molecule has 1 unspecified atom stereocenters. The molecule has 12 heteroatoms. The van der Waals surface area contributed by atoms with Crippen molar-refractivity contribution in [1.29, 1.82) is 0 Å². The molecule has 0 saturated carbocycles. The van der Waals surface area contributed by atoms with Gasteiger partial charge in [-0.2, -0.15) is 13.5 Å². The van der Waals surface area contributed by atoms with Crippen molar-refractivity contribution in [2.24, 2.45) is 13.5 Å². The standard InChI is InChI=1S/BrCl5N3P3/c1-10(2)7-11(3,4)9-12(5,6)8-10. The van der Waals surface area contributed by atoms with Crippen LogP contribution in [0.25, 0.3) is 0 Å². The molecule has 12 heavy (non-hydrogen) atoms. The number of hydrogen-bond acceptors (Lipinski definition) is 3. The molecule has 1 aliphatic rings. The van der Waals surface area contributed by atoms with Gasteiger partial charge in [0, 0.05) is 15.5 Å². The summed E-state index contributed by atoms with van der Waals surface area (Å²) in [7, 11) is 0. The smallest absolute Gasteiger partial charge is 0.189 e. The molecule has 0 aromatic rings. The van der Waals surface area contributed by atoms with Crippen molar-refractivity contribution in [2.75, 3.05) is 0 Å². The third kappa shape index (κ3) is 4.01. The number of halogens is 6. The van der Waals surface area contributed by atoms with Crippen LogP contribution in [0.2, 0.25) is 0 Å². The second-order valence-corrected chi connectivity index (χ2v) is 18.8. The zero-order valence-corrected chi connectivity index (χ0v) is 13.0. The van der Waals surface area contributed by atoms with Gasteiger partial charge in [-0.1, -0.05) is 0 Å². The fraction of sp³-hybridized carbons (Fsp3) is 0. The number of nitrogens with zero attached hydrogens (tertiary/aromatic N) is 3. The molecule has 0 aromatic carbocycles. The van der Waals surface area contributed by atoms with Crippen molar-refractivity contribution < 1.29 is 0 Å². The largest absolute Gasteiger partial charge is 0.257 e. The summed E-state index contributed by atoms with van der Waals surface area (Å²) in [4.78, 5) is 0. The first-order valence-corrected chi connectivity index (χ1v) is 13.8. The Morgan fingerprint density at radius 1 is 0.750 bits per heavy atom. The molecule has 1 atom stereocenters. The van der Waals surface area contributed by atoms with Crippen LogP contribution < -0.4 is 0 Å². The lowest BCUT2D eigenvalue weighted by atomic mass is 13.8. The molecule has 0 aliphatic carbocycles. The van der Waals surface area contributed by atoms with Crippen molar-refractivity contribution in [3.05, 3.63) is 0 Å². The minimum absolute atomic E-state index is 2.57. The molecule has 3 nitrogen and oxygen atoms in total. The minimum Gasteiger partial charge on any atom is -0.189 e. The highest BCUT2D eigenvalue weighted by Gasteiger charge is 2.30. The van der Waals surface area contributed by atoms with E-state index < -0.39 is 17.1 Å². The fourth-order valence-corrected chi connectivity index (χ4v) is 22.9. The summed E-state index contributed by atoms with van der Waals surface area (Å²) < 4.78 is 11.3. The van der Waals surface area contributed by atoms with E-state index >= 15 is 0 Å². The maximum atomic E-state index is 5.79. The maximum absolute atomic E-state index is 5.79. The Labute approximate surface area is 101 Å². The van der Waals surface area contributed by atoms with Gasteiger partial charge in [0.05, 0.1) is 0 Å². The van der Waals surface area contributed by atoms with Crippen molar-refractivity contribution >= 4 is 88.8 Å². The molecule has 0 amide bonds. The Bertz CT molecular complexity index is 279. The van der Waals surface area contributed by atoms with Crippen molar-refractivity contribution in [1.82, 2.24) is 0 Å². The first-order valence-electron chi connectivity index (χ1n) is 2.21. The van der Waals surface area contributed by atoms with E-state index in [-0.39, 0.29) is 0 Å². The highest BCUT2D eigenvalue weighted by Crippen LogP contribution is 2.88. The molecule has 0 aromatic heterocycles. The Morgan fingerprint density at radius 3 is 1.50 bits per heavy atom. The molecular weight excluding hydrogens is 392 g/mol. The zero-order chi connectivity index (χ0) is 9.62. The van der Waals surface area contributed by atoms with Crippen LogP contribution in [0.1, 0.15) is 0 Å². The van der Waals surface area contributed by atoms with Crippen LogP contribution in [0.3, 0.4) is 0 Å². The summed E-state index contributed by atoms with van der Waals surface area (Å²) in [5.41, 5.74) is 0. The lowest BCUT2D eigenvalue weighted by Crippen LogP contribution is -1.61. The summed E-state index contributed by atoms with van der Waals surface area (Å²) in [6, 6.07) is 0. The molecule has 1 heterocycles. The first-order chi connectivity index (χ1) is 5.12. The highest BCUT2D eigenvalue weighted by atomic mass is 79.9. The fourth-order valence-electron chi connectivity index (χ4n) is 0.442. The van der Waals surface area contributed by atoms with Crippen LogP contribution in [0.15, 0.2) is 13.5 Å². The van der Waals surface area contributed by atoms with E-state index in [0.717, 1.165) is 0 Å². The molecule has 0 fully saturated rings. The van der Waals surface area contributed by atoms with Crippen LogP contribution in [-0.4, -0.2) is 0 Å². The lowest BCUT2D eigenvalue weighted by molar-refractivity contribution is 1.80. The maximum Gasteiger partial charge on any atom is 0.257 e. The normalized spacial score (nSPS) is 37.5. The van der Waals surface area contributed by atoms with Crippen LogP contribution in [0.5, 0.6) is 0 Å². The molecule has 0 bridgehead atoms. The van der Waals surface area contributed by atoms with Crippen LogP contribution >= 0.6 is 88.8 Å². The molecule has 72 valence electrons. The predicted octanol–water partition coefficient (Wildman–Crippen LogP) is 7.43. The third-order valence-corrected chi connectivity index (χ3v) is 14.4. The monoisotopic (exact) mass is 389 g/mol. The van der Waals surface area contributed by atoms with Crippen molar-refractivity contribution in [3.8, 4) is 0 Å². The van der Waals surface area contributed by atoms with Crippen LogP contribution in [0.4, 0.5) is 0 Å². The zero-order valence-electron chi connectivity index (χ0n) is 4.95. The molecule has 1 aliphatic heterocycles. The summed E-state index contributed by atoms with van der Waals surface area (Å²) in [6.45, 7) is 0. The van der Waals surface area contributed by atoms with Gasteiger partial charge in [0.2, 0.25) is 5.26 Å². The van der Waals surface area contributed by atoms with Crippen molar-refractivity contribution in [3.63, 3.8) is 0 Å². The van der Waals surface area contributed by atoms with Gasteiger partial charge in [0.15, 0.2) is 0 Å². The van der Waals surface area contributed by atoms with Crippen molar-refractivity contribution in [2.45, 2.75) is 0 Å². The van der Waals surface area contributed by atoms with Crippen LogP contribution in [0, 0.1) is 0 Å². The Kier molecular flexibility index (Phi) is 4.11. The summed E-state index contributed by atoms with van der Waals surface area (Å²) in [6.07, 6.45) is 0. The molecule has 0 spiro atoms. The van der Waals surface area contributed by atoms with Gasteiger partial charge < -0.3 is 0 Å². The van der Waals surface area contributed by atoms with Gasteiger partial charge in [-0.05, 0) is 56.2 Å². The lowest BCUT2D eigenvalue weighted by Gasteiger charge is -2.16. The van der Waals surface area contributed by atoms with Gasteiger partial charge in [-0.15, -0.1) is 0 Å². The van der Waals surface area contributed by atoms with Gasteiger partial charge in [-0.25, -0.2) is 0 Å². The topological polar surface area (TPSA) is 37.1 Å². The van der Waals surface area contributed by atoms with E-state index in [1.54, 1.807) is 0 Å². The molecule has 1 rings (SSSR count). The van der Waals surface area contributed by atoms with Gasteiger partial charge in [-0.3, -0.25) is 0 Å². The van der Waals surface area contributed by atoms with Gasteiger partial charge in [0.25, 0.3) is 11.8 Å². The SMILES string of the molecule is ClP1(Cl)=NP(Cl)(Cl)=NP(Cl)(Br)=N1. The minimum atomic E-state index is -2.82. The molecule has 0 saturated heterocycles. The van der Waals surface area contributed by atoms with E-state index in [1.165, 1.54) is 0 Å². The van der Waals surface area contributed by atoms with E-state index in [9.17, 15) is 0 Å². The first kappa shape index (κ1) is 12.7. The number of rotatable bonds is 0. The predicted molar refractivity (Wildman–Crippen MR) is 66.2 cm³/mol. The molecular formula is BrCl5N3P3. The van der Waals surface area contributed by atoms with E-state index in [4.69, 9.17) is 56.2 Å². The van der Waals surface area contributed by atoms with E-state index in [1.807, 2.05) is 0 Å². The highest BCUT2D eigenvalue weighted by molar-refractivity contribution is 9.43. The van der Waals surface area contributed by atoms with Crippen LogP contribution in [-0.2, 0) is 0 Å². The van der Waals surface area contributed by atoms with E-state index in [2.05, 4.69) is 29.0 Å². The average Bonchev–Trinajstić information content (AvgIpc) is 1.44. The Hall–Kier alpha value is 2.62. The Morgan fingerprint density at radius 2 is 1.17 bits per heavy atom.